The molecule has 0 spiro atoms. The molecule has 8 nitrogen and oxygen atoms in total. The average molecular weight is 261 g/mol. The van der Waals surface area contributed by atoms with Gasteiger partial charge in [0.25, 0.3) is 0 Å². The molecule has 17 heavy (non-hydrogen) atoms. The SMILES string of the molecule is O=C([O-])c1cccc(S(=O)(=O)[O-])c1C(=O)[O-].[NH4+]. The van der Waals surface area contributed by atoms with E-state index in [-0.39, 0.29) is 6.15 Å². The summed E-state index contributed by atoms with van der Waals surface area (Å²) in [5.74, 6) is -3.99. The van der Waals surface area contributed by atoms with Gasteiger partial charge in [-0.3, -0.25) is 0 Å². The highest BCUT2D eigenvalue weighted by Gasteiger charge is 2.14. The molecule has 0 atom stereocenters. The van der Waals surface area contributed by atoms with Gasteiger partial charge in [0, 0.05) is 11.1 Å². The van der Waals surface area contributed by atoms with Crippen LogP contribution in [0, 0.1) is 0 Å². The summed E-state index contributed by atoms with van der Waals surface area (Å²) in [6, 6.07) is 2.40. The van der Waals surface area contributed by atoms with Crippen LogP contribution in [0.2, 0.25) is 0 Å². The lowest BCUT2D eigenvalue weighted by atomic mass is 10.1. The zero-order valence-corrected chi connectivity index (χ0v) is 9.31. The molecule has 0 fully saturated rings. The van der Waals surface area contributed by atoms with Gasteiger partial charge in [0.15, 0.2) is 0 Å². The molecule has 0 radical (unpaired) electrons. The fourth-order valence-corrected chi connectivity index (χ4v) is 1.81. The van der Waals surface area contributed by atoms with Crippen LogP contribution in [0.4, 0.5) is 0 Å². The summed E-state index contributed by atoms with van der Waals surface area (Å²) < 4.78 is 32.0. The lowest BCUT2D eigenvalue weighted by Gasteiger charge is -2.17. The first-order valence-corrected chi connectivity index (χ1v) is 5.17. The number of rotatable bonds is 3. The minimum atomic E-state index is -5.10. The molecule has 0 amide bonds. The van der Waals surface area contributed by atoms with Gasteiger partial charge < -0.3 is 30.5 Å². The summed E-state index contributed by atoms with van der Waals surface area (Å²) >= 11 is 0. The van der Waals surface area contributed by atoms with E-state index in [4.69, 9.17) is 0 Å². The Balaban J connectivity index is 0.00000256. The minimum absolute atomic E-state index is 0. The van der Waals surface area contributed by atoms with Crippen LogP contribution in [0.25, 0.3) is 0 Å². The van der Waals surface area contributed by atoms with E-state index >= 15 is 0 Å². The van der Waals surface area contributed by atoms with E-state index in [0.717, 1.165) is 12.1 Å². The molecule has 0 heterocycles. The summed E-state index contributed by atoms with van der Waals surface area (Å²) in [7, 11) is -5.10. The highest BCUT2D eigenvalue weighted by Crippen LogP contribution is 2.18. The first-order chi connectivity index (χ1) is 7.25. The molecule has 0 bridgehead atoms. The normalized spacial score (nSPS) is 10.4. The topological polar surface area (TPSA) is 174 Å². The quantitative estimate of drug-likeness (QED) is 0.594. The molecular weight excluding hydrogens is 254 g/mol. The number of carbonyl (C=O) groups excluding carboxylic acids is 2. The van der Waals surface area contributed by atoms with E-state index in [1.807, 2.05) is 0 Å². The number of quaternary nitrogens is 1. The van der Waals surface area contributed by atoms with Gasteiger partial charge in [-0.05, 0) is 6.07 Å². The van der Waals surface area contributed by atoms with Crippen molar-refractivity contribution >= 4 is 22.1 Å². The van der Waals surface area contributed by atoms with Gasteiger partial charge in [-0.2, -0.15) is 0 Å². The number of aromatic carboxylic acids is 2. The molecule has 0 aliphatic rings. The van der Waals surface area contributed by atoms with Crippen LogP contribution in [0.3, 0.4) is 0 Å². The van der Waals surface area contributed by atoms with Crippen molar-refractivity contribution in [2.75, 3.05) is 0 Å². The van der Waals surface area contributed by atoms with E-state index in [0.29, 0.717) is 6.07 Å². The molecule has 0 aromatic heterocycles. The Hall–Kier alpha value is -1.97. The predicted molar refractivity (Wildman–Crippen MR) is 49.1 cm³/mol. The van der Waals surface area contributed by atoms with Crippen molar-refractivity contribution < 1.29 is 32.8 Å². The molecular formula is C8H7NO7S-2. The Morgan fingerprint density at radius 2 is 1.59 bits per heavy atom. The number of benzene rings is 1. The summed E-state index contributed by atoms with van der Waals surface area (Å²) in [6.07, 6.45) is 0. The maximum atomic E-state index is 10.7. The largest absolute Gasteiger partial charge is 0.744 e. The summed E-state index contributed by atoms with van der Waals surface area (Å²) in [4.78, 5) is 19.9. The Kier molecular flexibility index (Phi) is 4.34. The maximum Gasteiger partial charge on any atom is 0.125 e. The molecule has 0 aliphatic carbocycles. The van der Waals surface area contributed by atoms with E-state index in [1.54, 1.807) is 0 Å². The first-order valence-electron chi connectivity index (χ1n) is 3.76. The molecule has 94 valence electrons. The summed E-state index contributed by atoms with van der Waals surface area (Å²) in [5.41, 5.74) is -2.12. The molecule has 1 rings (SSSR count). The number of hydrogen-bond acceptors (Lipinski definition) is 7. The highest BCUT2D eigenvalue weighted by atomic mass is 32.2. The number of carboxylic acid groups (broad SMARTS) is 2. The van der Waals surface area contributed by atoms with E-state index in [2.05, 4.69) is 0 Å². The van der Waals surface area contributed by atoms with Crippen molar-refractivity contribution in [2.45, 2.75) is 4.90 Å². The first kappa shape index (κ1) is 15.0. The molecule has 0 unspecified atom stereocenters. The summed E-state index contributed by atoms with van der Waals surface area (Å²) in [6.45, 7) is 0. The van der Waals surface area contributed by atoms with Crippen molar-refractivity contribution in [3.8, 4) is 0 Å². The Labute approximate surface area is 95.8 Å². The molecule has 0 saturated heterocycles. The van der Waals surface area contributed by atoms with Crippen molar-refractivity contribution in [3.63, 3.8) is 0 Å². The highest BCUT2D eigenvalue weighted by molar-refractivity contribution is 7.85. The van der Waals surface area contributed by atoms with Crippen LogP contribution in [0.5, 0.6) is 0 Å². The maximum absolute atomic E-state index is 10.7. The third-order valence-corrected chi connectivity index (χ3v) is 2.60. The van der Waals surface area contributed by atoms with Gasteiger partial charge >= 0.3 is 0 Å². The second-order valence-corrected chi connectivity index (χ2v) is 4.06. The summed E-state index contributed by atoms with van der Waals surface area (Å²) in [5, 5.41) is 21.1. The van der Waals surface area contributed by atoms with Crippen molar-refractivity contribution in [3.05, 3.63) is 29.3 Å². The standard InChI is InChI=1S/C8H6O7S.H3N/c9-7(10)4-2-1-3-5(16(13,14)15)6(4)8(11)12;/h1-3H,(H,9,10)(H,11,12)(H,13,14,15);1H3/p-2. The fourth-order valence-electron chi connectivity index (χ4n) is 1.12. The van der Waals surface area contributed by atoms with Crippen LogP contribution < -0.4 is 16.4 Å². The van der Waals surface area contributed by atoms with Crippen molar-refractivity contribution in [1.82, 2.24) is 6.15 Å². The molecule has 4 N–H and O–H groups in total. The number of carbonyl (C=O) groups is 2. The monoisotopic (exact) mass is 261 g/mol. The Morgan fingerprint density at radius 3 is 1.94 bits per heavy atom. The van der Waals surface area contributed by atoms with Gasteiger partial charge in [-0.25, -0.2) is 8.42 Å². The van der Waals surface area contributed by atoms with Crippen LogP contribution in [-0.4, -0.2) is 24.9 Å². The van der Waals surface area contributed by atoms with Crippen LogP contribution in [-0.2, 0) is 10.1 Å². The minimum Gasteiger partial charge on any atom is -0.744 e. The third kappa shape index (κ3) is 3.00. The van der Waals surface area contributed by atoms with Crippen molar-refractivity contribution in [1.29, 1.82) is 0 Å². The Bertz CT molecular complexity index is 563. The lowest BCUT2D eigenvalue weighted by Crippen LogP contribution is -2.31. The number of carboxylic acids is 2. The van der Waals surface area contributed by atoms with Crippen LogP contribution >= 0.6 is 0 Å². The second-order valence-electron chi connectivity index (χ2n) is 2.71. The van der Waals surface area contributed by atoms with Crippen molar-refractivity contribution in [2.24, 2.45) is 0 Å². The molecule has 1 aromatic carbocycles. The van der Waals surface area contributed by atoms with E-state index in [1.165, 1.54) is 0 Å². The Morgan fingerprint density at radius 1 is 1.06 bits per heavy atom. The van der Waals surface area contributed by atoms with Crippen LogP contribution in [0.15, 0.2) is 23.1 Å². The van der Waals surface area contributed by atoms with Gasteiger partial charge in [-0.1, -0.05) is 12.1 Å². The van der Waals surface area contributed by atoms with Gasteiger partial charge in [0.05, 0.1) is 16.8 Å². The molecule has 0 saturated carbocycles. The van der Waals surface area contributed by atoms with Crippen LogP contribution in [0.1, 0.15) is 20.7 Å². The average Bonchev–Trinajstić information content (AvgIpc) is 2.14. The van der Waals surface area contributed by atoms with E-state index < -0.39 is 38.1 Å². The lowest BCUT2D eigenvalue weighted by molar-refractivity contribution is -0.260. The molecule has 1 aromatic rings. The zero-order valence-electron chi connectivity index (χ0n) is 8.50. The predicted octanol–water partition coefficient (Wildman–Crippen LogP) is -2.31. The van der Waals surface area contributed by atoms with Gasteiger partial charge in [0.1, 0.15) is 10.1 Å². The molecule has 9 heteroatoms. The van der Waals surface area contributed by atoms with Gasteiger partial charge in [0.2, 0.25) is 0 Å². The third-order valence-electron chi connectivity index (χ3n) is 1.72. The molecule has 0 aliphatic heterocycles. The van der Waals surface area contributed by atoms with E-state index in [9.17, 15) is 32.8 Å². The zero-order chi connectivity index (χ0) is 12.5. The number of hydrogen-bond donors (Lipinski definition) is 1. The smallest absolute Gasteiger partial charge is 0.125 e. The van der Waals surface area contributed by atoms with Gasteiger partial charge in [-0.15, -0.1) is 0 Å². The fraction of sp³-hybridized carbons (Fsp3) is 0. The second kappa shape index (κ2) is 4.91.